The minimum Gasteiger partial charge on any atom is -0.469 e. The molecule has 0 saturated heterocycles. The fraction of sp³-hybridized carbons (Fsp3) is 0.857. The number of carbonyl (C=O) groups is 1. The molecule has 0 rings (SSSR count). The van der Waals surface area contributed by atoms with Crippen molar-refractivity contribution in [2.75, 3.05) is 7.11 Å². The second-order valence-corrected chi connectivity index (χ2v) is 6.79. The van der Waals surface area contributed by atoms with E-state index in [4.69, 9.17) is 0 Å². The van der Waals surface area contributed by atoms with E-state index in [1.807, 2.05) is 0 Å². The Hall–Kier alpha value is -0.790. The average Bonchev–Trinajstić information content (AvgIpc) is 2.57. The Morgan fingerprint density at radius 3 is 1.83 bits per heavy atom. The molecule has 2 heteroatoms. The maximum Gasteiger partial charge on any atom is 0.305 e. The Balaban J connectivity index is 3.36. The highest BCUT2D eigenvalue weighted by molar-refractivity contribution is 5.68. The number of hydrogen-bond acceptors (Lipinski definition) is 2. The van der Waals surface area contributed by atoms with E-state index in [0.29, 0.717) is 6.42 Å². The van der Waals surface area contributed by atoms with Crippen molar-refractivity contribution in [3.8, 4) is 0 Å². The molecule has 0 aromatic heterocycles. The standard InChI is InChI=1S/C21H40O2/c1-4-6-7-8-11-14-17-20(5-2)18-15-12-9-10-13-16-19-21(22)23-3/h5,20H,2,4,6-19H2,1,3H3. The second-order valence-electron chi connectivity index (χ2n) is 6.79. The van der Waals surface area contributed by atoms with Gasteiger partial charge in [0.05, 0.1) is 7.11 Å². The molecule has 0 fully saturated rings. The van der Waals surface area contributed by atoms with Crippen LogP contribution in [0.4, 0.5) is 0 Å². The summed E-state index contributed by atoms with van der Waals surface area (Å²) in [6.07, 6.45) is 21.0. The van der Waals surface area contributed by atoms with E-state index in [1.54, 1.807) is 0 Å². The Labute approximate surface area is 145 Å². The van der Waals surface area contributed by atoms with Gasteiger partial charge in [0.15, 0.2) is 0 Å². The zero-order chi connectivity index (χ0) is 17.2. The molecule has 0 bridgehead atoms. The summed E-state index contributed by atoms with van der Waals surface area (Å²) in [5.41, 5.74) is 0. The summed E-state index contributed by atoms with van der Waals surface area (Å²) in [5.74, 6) is 0.647. The van der Waals surface area contributed by atoms with Gasteiger partial charge in [0, 0.05) is 6.42 Å². The maximum atomic E-state index is 11.0. The third kappa shape index (κ3) is 15.9. The van der Waals surface area contributed by atoms with Crippen molar-refractivity contribution >= 4 is 5.97 Å². The molecule has 1 atom stereocenters. The number of methoxy groups -OCH3 is 1. The smallest absolute Gasteiger partial charge is 0.305 e. The summed E-state index contributed by atoms with van der Waals surface area (Å²) in [6, 6.07) is 0. The van der Waals surface area contributed by atoms with Gasteiger partial charge in [0.2, 0.25) is 0 Å². The van der Waals surface area contributed by atoms with Crippen molar-refractivity contribution in [3.63, 3.8) is 0 Å². The van der Waals surface area contributed by atoms with E-state index < -0.39 is 0 Å². The summed E-state index contributed by atoms with van der Waals surface area (Å²) in [5, 5.41) is 0. The molecule has 23 heavy (non-hydrogen) atoms. The number of esters is 1. The quantitative estimate of drug-likeness (QED) is 0.166. The molecule has 0 saturated carbocycles. The van der Waals surface area contributed by atoms with Crippen molar-refractivity contribution in [1.82, 2.24) is 0 Å². The normalized spacial score (nSPS) is 12.1. The van der Waals surface area contributed by atoms with E-state index in [-0.39, 0.29) is 5.97 Å². The van der Waals surface area contributed by atoms with E-state index in [9.17, 15) is 4.79 Å². The van der Waals surface area contributed by atoms with Crippen molar-refractivity contribution in [3.05, 3.63) is 12.7 Å². The first-order chi connectivity index (χ1) is 11.2. The van der Waals surface area contributed by atoms with Gasteiger partial charge in [-0.1, -0.05) is 83.6 Å². The third-order valence-electron chi connectivity index (χ3n) is 4.70. The highest BCUT2D eigenvalue weighted by Gasteiger charge is 2.04. The lowest BCUT2D eigenvalue weighted by atomic mass is 9.94. The molecule has 1 unspecified atom stereocenters. The molecular formula is C21H40O2. The molecule has 0 spiro atoms. The van der Waals surface area contributed by atoms with Crippen LogP contribution in [0.15, 0.2) is 12.7 Å². The molecule has 136 valence electrons. The molecule has 0 aliphatic heterocycles. The molecule has 0 aromatic rings. The van der Waals surface area contributed by atoms with Crippen molar-refractivity contribution in [1.29, 1.82) is 0 Å². The Bertz CT molecular complexity index is 273. The van der Waals surface area contributed by atoms with Gasteiger partial charge in [-0.15, -0.1) is 6.58 Å². The van der Waals surface area contributed by atoms with Crippen molar-refractivity contribution < 1.29 is 9.53 Å². The minimum absolute atomic E-state index is 0.0754. The molecule has 0 aliphatic rings. The van der Waals surface area contributed by atoms with Gasteiger partial charge in [-0.3, -0.25) is 4.79 Å². The number of ether oxygens (including phenoxy) is 1. The zero-order valence-corrected chi connectivity index (χ0v) is 15.8. The topological polar surface area (TPSA) is 26.3 Å². The first kappa shape index (κ1) is 22.2. The Morgan fingerprint density at radius 1 is 0.870 bits per heavy atom. The first-order valence-corrected chi connectivity index (χ1v) is 9.94. The summed E-state index contributed by atoms with van der Waals surface area (Å²) in [7, 11) is 1.46. The van der Waals surface area contributed by atoms with Crippen LogP contribution in [0.25, 0.3) is 0 Å². The highest BCUT2D eigenvalue weighted by Crippen LogP contribution is 2.20. The third-order valence-corrected chi connectivity index (χ3v) is 4.70. The molecule has 0 aromatic carbocycles. The monoisotopic (exact) mass is 324 g/mol. The number of rotatable bonds is 17. The van der Waals surface area contributed by atoms with Crippen molar-refractivity contribution in [2.24, 2.45) is 5.92 Å². The molecule has 0 radical (unpaired) electrons. The molecule has 0 heterocycles. The maximum absolute atomic E-state index is 11.0. The lowest BCUT2D eigenvalue weighted by Crippen LogP contribution is -1.99. The number of hydrogen-bond donors (Lipinski definition) is 0. The predicted octanol–water partition coefficient (Wildman–Crippen LogP) is 6.83. The van der Waals surface area contributed by atoms with Crippen LogP contribution in [-0.4, -0.2) is 13.1 Å². The molecule has 0 amide bonds. The first-order valence-electron chi connectivity index (χ1n) is 9.94. The SMILES string of the molecule is C=CC(CCCCCCCC)CCCCCCCCC(=O)OC. The van der Waals surface area contributed by atoms with Gasteiger partial charge in [0.25, 0.3) is 0 Å². The van der Waals surface area contributed by atoms with Crippen molar-refractivity contribution in [2.45, 2.75) is 103 Å². The molecular weight excluding hydrogens is 284 g/mol. The van der Waals surface area contributed by atoms with Gasteiger partial charge in [-0.2, -0.15) is 0 Å². The van der Waals surface area contributed by atoms with E-state index in [2.05, 4.69) is 24.3 Å². The van der Waals surface area contributed by atoms with E-state index in [1.165, 1.54) is 84.2 Å². The summed E-state index contributed by atoms with van der Waals surface area (Å²) in [6.45, 7) is 6.28. The van der Waals surface area contributed by atoms with Gasteiger partial charge >= 0.3 is 5.97 Å². The number of allylic oxidation sites excluding steroid dienone is 1. The van der Waals surface area contributed by atoms with Gasteiger partial charge in [-0.25, -0.2) is 0 Å². The fourth-order valence-electron chi connectivity index (χ4n) is 3.05. The largest absolute Gasteiger partial charge is 0.469 e. The number of unbranched alkanes of at least 4 members (excludes halogenated alkanes) is 10. The second kappa shape index (κ2) is 17.6. The van der Waals surface area contributed by atoms with Crippen LogP contribution in [0.5, 0.6) is 0 Å². The number of carbonyl (C=O) groups excluding carboxylic acids is 1. The Morgan fingerprint density at radius 2 is 1.35 bits per heavy atom. The van der Waals surface area contributed by atoms with Crippen LogP contribution in [-0.2, 0) is 9.53 Å². The van der Waals surface area contributed by atoms with Gasteiger partial charge in [0.1, 0.15) is 0 Å². The average molecular weight is 325 g/mol. The molecule has 0 aliphatic carbocycles. The Kier molecular flexibility index (Phi) is 17.0. The van der Waals surface area contributed by atoms with E-state index >= 15 is 0 Å². The highest BCUT2D eigenvalue weighted by atomic mass is 16.5. The van der Waals surface area contributed by atoms with Crippen LogP contribution in [0.1, 0.15) is 103 Å². The zero-order valence-electron chi connectivity index (χ0n) is 15.8. The summed E-state index contributed by atoms with van der Waals surface area (Å²) >= 11 is 0. The molecule has 0 N–H and O–H groups in total. The van der Waals surface area contributed by atoms with E-state index in [0.717, 1.165) is 18.8 Å². The fourth-order valence-corrected chi connectivity index (χ4v) is 3.05. The van der Waals surface area contributed by atoms with Crippen LogP contribution in [0.2, 0.25) is 0 Å². The van der Waals surface area contributed by atoms with Crippen LogP contribution >= 0.6 is 0 Å². The van der Waals surface area contributed by atoms with Gasteiger partial charge in [-0.05, 0) is 25.2 Å². The van der Waals surface area contributed by atoms with Crippen LogP contribution < -0.4 is 0 Å². The summed E-state index contributed by atoms with van der Waals surface area (Å²) in [4.78, 5) is 11.0. The lowest BCUT2D eigenvalue weighted by molar-refractivity contribution is -0.140. The van der Waals surface area contributed by atoms with Crippen LogP contribution in [0.3, 0.4) is 0 Å². The van der Waals surface area contributed by atoms with Crippen LogP contribution in [0, 0.1) is 5.92 Å². The summed E-state index contributed by atoms with van der Waals surface area (Å²) < 4.78 is 4.65. The van der Waals surface area contributed by atoms with Gasteiger partial charge < -0.3 is 4.74 Å². The molecule has 2 nitrogen and oxygen atoms in total. The minimum atomic E-state index is -0.0754. The predicted molar refractivity (Wildman–Crippen MR) is 101 cm³/mol. The lowest BCUT2D eigenvalue weighted by Gasteiger charge is -2.12.